The summed E-state index contributed by atoms with van der Waals surface area (Å²) in [5, 5.41) is 5.25. The molecule has 1 rings (SSSR count). The minimum absolute atomic E-state index is 0.774. The smallest absolute Gasteiger partial charge is 0.383 e. The highest BCUT2D eigenvalue weighted by molar-refractivity contribution is 5.83. The molecule has 41 heavy (non-hydrogen) atoms. The zero-order chi connectivity index (χ0) is 31.5. The lowest BCUT2D eigenvalue weighted by molar-refractivity contribution is -0.326. The van der Waals surface area contributed by atoms with Crippen LogP contribution in [0.1, 0.15) is 34.6 Å². The Kier molecular flexibility index (Phi) is 12.9. The first-order chi connectivity index (χ1) is 19.1. The minimum atomic E-state index is -3.34. The number of methoxy groups -OCH3 is 1. The van der Waals surface area contributed by atoms with Gasteiger partial charge in [-0.05, 0) is 5.53 Å². The van der Waals surface area contributed by atoms with E-state index >= 15 is 4.39 Å². The summed E-state index contributed by atoms with van der Waals surface area (Å²) in [5.41, 5.74) is 8.55. The van der Waals surface area contributed by atoms with Crippen molar-refractivity contribution >= 4 is 41.7 Å². The van der Waals surface area contributed by atoms with E-state index < -0.39 is 97.3 Å². The summed E-state index contributed by atoms with van der Waals surface area (Å²) in [4.78, 5) is 87.4. The van der Waals surface area contributed by atoms with Gasteiger partial charge < -0.3 is 38.5 Å². The second kappa shape index (κ2) is 15.3. The van der Waals surface area contributed by atoms with E-state index in [9.17, 15) is 33.6 Å². The number of alkyl halides is 1. The van der Waals surface area contributed by atoms with Crippen molar-refractivity contribution in [1.82, 2.24) is 5.32 Å². The number of amides is 1. The van der Waals surface area contributed by atoms with Gasteiger partial charge in [0.1, 0.15) is 19.3 Å². The Hall–Kier alpha value is -4.51. The van der Waals surface area contributed by atoms with Crippen LogP contribution in [0.25, 0.3) is 10.4 Å². The molecule has 18 nitrogen and oxygen atoms in total. The number of carbonyl (C=O) groups is 7. The van der Waals surface area contributed by atoms with Gasteiger partial charge in [-0.15, -0.1) is 0 Å². The van der Waals surface area contributed by atoms with Crippen molar-refractivity contribution in [3.05, 3.63) is 10.4 Å². The largest absolute Gasteiger partial charge is 0.464 e. The molecule has 0 aliphatic carbocycles. The fourth-order valence-electron chi connectivity index (χ4n) is 3.81. The lowest BCUT2D eigenvalue weighted by Gasteiger charge is -2.49. The Morgan fingerprint density at radius 2 is 1.59 bits per heavy atom. The van der Waals surface area contributed by atoms with Crippen LogP contribution in [0.5, 0.6) is 0 Å². The maximum absolute atomic E-state index is 16.2. The third kappa shape index (κ3) is 9.57. The summed E-state index contributed by atoms with van der Waals surface area (Å²) < 4.78 is 51.6. The van der Waals surface area contributed by atoms with Crippen molar-refractivity contribution in [2.45, 2.75) is 77.0 Å². The fraction of sp³-hybridized carbons (Fsp3) is 0.682. The topological polar surface area (TPSA) is 245 Å². The van der Waals surface area contributed by atoms with Gasteiger partial charge in [0.25, 0.3) is 0 Å². The summed E-state index contributed by atoms with van der Waals surface area (Å²) >= 11 is 0. The van der Waals surface area contributed by atoms with Crippen molar-refractivity contribution in [3.8, 4) is 0 Å². The molecule has 1 aliphatic heterocycles. The molecule has 1 N–H and O–H groups in total. The zero-order valence-corrected chi connectivity index (χ0v) is 22.8. The number of hydrogen-bond acceptors (Lipinski definition) is 15. The van der Waals surface area contributed by atoms with Gasteiger partial charge in [-0.25, -0.2) is 9.18 Å². The molecule has 1 unspecified atom stereocenters. The van der Waals surface area contributed by atoms with E-state index in [4.69, 9.17) is 34.0 Å². The fourth-order valence-corrected chi connectivity index (χ4v) is 3.81. The minimum Gasteiger partial charge on any atom is -0.464 e. The van der Waals surface area contributed by atoms with Crippen LogP contribution in [0.3, 0.4) is 0 Å². The van der Waals surface area contributed by atoms with Gasteiger partial charge in [0.2, 0.25) is 12.1 Å². The molecule has 1 fully saturated rings. The zero-order valence-electron chi connectivity index (χ0n) is 22.8. The van der Waals surface area contributed by atoms with Gasteiger partial charge in [-0.3, -0.25) is 28.8 Å². The molecule has 1 heterocycles. The molecule has 228 valence electrons. The molecule has 1 amide bonds. The first-order valence-corrected chi connectivity index (χ1v) is 11.6. The van der Waals surface area contributed by atoms with Crippen LogP contribution < -0.4 is 5.32 Å². The Labute approximate surface area is 231 Å². The summed E-state index contributed by atoms with van der Waals surface area (Å²) in [6.07, 6.45) is -11.0. The van der Waals surface area contributed by atoms with Crippen LogP contribution in [-0.2, 0) is 66.7 Å². The molecule has 0 aromatic heterocycles. The number of hydrogen-bond donors (Lipinski definition) is 1. The number of halogens is 1. The predicted octanol–water partition coefficient (Wildman–Crippen LogP) is -0.691. The van der Waals surface area contributed by atoms with Crippen molar-refractivity contribution in [2.24, 2.45) is 5.11 Å². The van der Waals surface area contributed by atoms with Gasteiger partial charge in [0, 0.05) is 39.5 Å². The van der Waals surface area contributed by atoms with E-state index in [2.05, 4.69) is 20.1 Å². The van der Waals surface area contributed by atoms with Crippen LogP contribution in [0.2, 0.25) is 0 Å². The van der Waals surface area contributed by atoms with Crippen molar-refractivity contribution in [2.75, 3.05) is 20.3 Å². The summed E-state index contributed by atoms with van der Waals surface area (Å²) in [5.74, 6) is -11.5. The van der Waals surface area contributed by atoms with Gasteiger partial charge in [0.15, 0.2) is 18.3 Å². The van der Waals surface area contributed by atoms with Crippen LogP contribution in [-0.4, -0.2) is 104 Å². The number of rotatable bonds is 12. The number of azide groups is 1. The second-order valence-corrected chi connectivity index (χ2v) is 8.32. The lowest BCUT2D eigenvalue weighted by atomic mass is 9.86. The first-order valence-electron chi connectivity index (χ1n) is 11.6. The predicted molar refractivity (Wildman–Crippen MR) is 126 cm³/mol. The highest BCUT2D eigenvalue weighted by atomic mass is 19.1. The molecule has 7 atom stereocenters. The average Bonchev–Trinajstić information content (AvgIpc) is 2.86. The molecule has 1 saturated heterocycles. The Balaban J connectivity index is 4.00. The highest BCUT2D eigenvalue weighted by Crippen LogP contribution is 2.39. The molecule has 0 spiro atoms. The summed E-state index contributed by atoms with van der Waals surface area (Å²) in [6, 6.07) is -1.93. The van der Waals surface area contributed by atoms with E-state index in [1.165, 1.54) is 0 Å². The summed E-state index contributed by atoms with van der Waals surface area (Å²) in [6.45, 7) is 2.77. The number of ether oxygens (including phenoxy) is 7. The number of carbonyl (C=O) groups excluding carboxylic acids is 7. The van der Waals surface area contributed by atoms with Gasteiger partial charge in [-0.1, -0.05) is 5.11 Å². The number of esters is 6. The van der Waals surface area contributed by atoms with E-state index in [-0.39, 0.29) is 0 Å². The highest BCUT2D eigenvalue weighted by Gasteiger charge is 2.67. The molecular formula is C22H29FN4O14. The third-order valence-electron chi connectivity index (χ3n) is 5.10. The van der Waals surface area contributed by atoms with E-state index in [1.54, 1.807) is 0 Å². The first kappa shape index (κ1) is 34.5. The van der Waals surface area contributed by atoms with Crippen molar-refractivity contribution in [3.63, 3.8) is 0 Å². The SMILES string of the molecule is COC(=O)[C@@]1(OC(C)=O)O[C@H]([C@H](OC(C)=O)C(COC(C)=O)OC(C)=O)[C@H](NC(=O)CN=[N+]=[N-])[C@H](OC(C)=O)[C@H]1F. The molecule has 0 radical (unpaired) electrons. The monoisotopic (exact) mass is 592 g/mol. The maximum atomic E-state index is 16.2. The molecule has 0 bridgehead atoms. The van der Waals surface area contributed by atoms with E-state index in [0.717, 1.165) is 41.7 Å². The summed E-state index contributed by atoms with van der Waals surface area (Å²) in [7, 11) is 0.777. The quantitative estimate of drug-likeness (QED) is 0.0969. The molecule has 19 heteroatoms. The maximum Gasteiger partial charge on any atom is 0.383 e. The third-order valence-corrected chi connectivity index (χ3v) is 5.10. The second-order valence-electron chi connectivity index (χ2n) is 8.32. The standard InChI is InChI=1S/C22H29FN4O14/c1-9(28)36-8-14(37-10(2)29)17(38-11(3)30)18-16(26-15(33)7-25-27-24)19(39-12(4)31)20(23)22(41-18,21(34)35-6)40-13(5)32/h14,16-20H,7-8H2,1-6H3,(H,26,33)/t14?,16-,17+,18-,19-,20+,22-/m0/s1. The molecule has 0 aromatic rings. The molecular weight excluding hydrogens is 563 g/mol. The van der Waals surface area contributed by atoms with Crippen LogP contribution >= 0.6 is 0 Å². The van der Waals surface area contributed by atoms with Crippen LogP contribution in [0, 0.1) is 0 Å². The average molecular weight is 592 g/mol. The Morgan fingerprint density at radius 1 is 0.976 bits per heavy atom. The van der Waals surface area contributed by atoms with Gasteiger partial charge in [0.05, 0.1) is 13.2 Å². The number of nitrogens with one attached hydrogen (secondary N) is 1. The van der Waals surface area contributed by atoms with E-state index in [0.29, 0.717) is 0 Å². The Bertz CT molecular complexity index is 1090. The number of nitrogens with zero attached hydrogens (tertiary/aromatic N) is 3. The van der Waals surface area contributed by atoms with Crippen molar-refractivity contribution in [1.29, 1.82) is 0 Å². The van der Waals surface area contributed by atoms with Gasteiger partial charge in [-0.2, -0.15) is 0 Å². The molecule has 1 aliphatic rings. The van der Waals surface area contributed by atoms with Crippen LogP contribution in [0.15, 0.2) is 5.11 Å². The Morgan fingerprint density at radius 3 is 2.05 bits per heavy atom. The van der Waals surface area contributed by atoms with E-state index in [1.807, 2.05) is 0 Å². The van der Waals surface area contributed by atoms with Gasteiger partial charge >= 0.3 is 41.6 Å². The molecule has 0 aromatic carbocycles. The van der Waals surface area contributed by atoms with Crippen molar-refractivity contribution < 1.29 is 71.1 Å². The lowest BCUT2D eigenvalue weighted by Crippen LogP contribution is -2.74. The van der Waals surface area contributed by atoms with Crippen LogP contribution in [0.4, 0.5) is 4.39 Å². The molecule has 0 saturated carbocycles. The normalized spacial score (nSPS) is 24.7.